The van der Waals surface area contributed by atoms with Crippen molar-refractivity contribution in [1.29, 1.82) is 0 Å². The number of fused-ring (bicyclic) bond motifs is 1. The van der Waals surface area contributed by atoms with Crippen molar-refractivity contribution < 1.29 is 19.1 Å². The number of aryl methyl sites for hydroxylation is 2. The quantitative estimate of drug-likeness (QED) is 0.377. The second kappa shape index (κ2) is 10.0. The van der Waals surface area contributed by atoms with Crippen LogP contribution < -0.4 is 20.3 Å². The Bertz CT molecular complexity index is 1090. The van der Waals surface area contributed by atoms with Crippen LogP contribution in [0.25, 0.3) is 10.9 Å². The maximum Gasteiger partial charge on any atom is 0.269 e. The Kier molecular flexibility index (Phi) is 7.18. The van der Waals surface area contributed by atoms with E-state index < -0.39 is 5.91 Å². The second-order valence-corrected chi connectivity index (χ2v) is 7.52. The Morgan fingerprint density at radius 2 is 1.84 bits per heavy atom. The number of amides is 2. The summed E-state index contributed by atoms with van der Waals surface area (Å²) in [6, 6.07) is 11.0. The number of aromatic nitrogens is 1. The molecule has 0 bridgehead atoms. The van der Waals surface area contributed by atoms with Crippen molar-refractivity contribution in [3.05, 3.63) is 58.8 Å². The fourth-order valence-corrected chi connectivity index (χ4v) is 3.38. The Hall–Kier alpha value is -3.48. The first-order valence-corrected chi connectivity index (χ1v) is 10.4. The number of hydrogen-bond donors (Lipinski definition) is 3. The lowest BCUT2D eigenvalue weighted by molar-refractivity contribution is -0.121. The molecular weight excluding hydrogens is 394 g/mol. The van der Waals surface area contributed by atoms with Crippen molar-refractivity contribution in [3.8, 4) is 11.5 Å². The summed E-state index contributed by atoms with van der Waals surface area (Å²) in [6.07, 6.45) is 2.12. The highest BCUT2D eigenvalue weighted by Crippen LogP contribution is 2.28. The Morgan fingerprint density at radius 3 is 2.58 bits per heavy atom. The standard InChI is InChI=1S/C24H29N3O4/c1-5-6-11-31-21-10-8-17(13-22(21)30-4)24(29)27-26-23(28)14-18-16(3)25-20-9-7-15(2)12-19(18)20/h7-10,12-13,25H,5-6,11,14H2,1-4H3,(H,26,28)(H,27,29). The minimum Gasteiger partial charge on any atom is -0.493 e. The van der Waals surface area contributed by atoms with Gasteiger partial charge in [0, 0.05) is 22.2 Å². The van der Waals surface area contributed by atoms with Gasteiger partial charge in [-0.2, -0.15) is 0 Å². The van der Waals surface area contributed by atoms with Gasteiger partial charge in [0.05, 0.1) is 20.1 Å². The number of hydrogen-bond acceptors (Lipinski definition) is 4. The number of carbonyl (C=O) groups is 2. The van der Waals surface area contributed by atoms with E-state index in [-0.39, 0.29) is 12.3 Å². The van der Waals surface area contributed by atoms with Gasteiger partial charge in [-0.05, 0) is 56.2 Å². The molecule has 2 aromatic carbocycles. The molecular formula is C24H29N3O4. The van der Waals surface area contributed by atoms with E-state index in [1.807, 2.05) is 26.0 Å². The van der Waals surface area contributed by atoms with Gasteiger partial charge in [0.2, 0.25) is 5.91 Å². The van der Waals surface area contributed by atoms with Crippen LogP contribution in [0.5, 0.6) is 11.5 Å². The third-order valence-corrected chi connectivity index (χ3v) is 5.11. The fourth-order valence-electron chi connectivity index (χ4n) is 3.38. The zero-order valence-corrected chi connectivity index (χ0v) is 18.4. The number of rotatable bonds is 8. The molecule has 7 heteroatoms. The van der Waals surface area contributed by atoms with Crippen molar-refractivity contribution in [2.24, 2.45) is 0 Å². The van der Waals surface area contributed by atoms with Crippen molar-refractivity contribution in [1.82, 2.24) is 15.8 Å². The summed E-state index contributed by atoms with van der Waals surface area (Å²) < 4.78 is 11.0. The summed E-state index contributed by atoms with van der Waals surface area (Å²) >= 11 is 0. The lowest BCUT2D eigenvalue weighted by Gasteiger charge is -2.12. The van der Waals surface area contributed by atoms with Gasteiger partial charge in [0.25, 0.3) is 5.91 Å². The van der Waals surface area contributed by atoms with Crippen LogP contribution in [0.15, 0.2) is 36.4 Å². The maximum absolute atomic E-state index is 12.5. The van der Waals surface area contributed by atoms with Crippen LogP contribution in [-0.4, -0.2) is 30.5 Å². The fraction of sp³-hybridized carbons (Fsp3) is 0.333. The molecule has 31 heavy (non-hydrogen) atoms. The molecule has 0 saturated heterocycles. The second-order valence-electron chi connectivity index (χ2n) is 7.52. The lowest BCUT2D eigenvalue weighted by atomic mass is 10.1. The maximum atomic E-state index is 12.5. The molecule has 3 rings (SSSR count). The zero-order chi connectivity index (χ0) is 22.4. The van der Waals surface area contributed by atoms with Gasteiger partial charge < -0.3 is 14.5 Å². The topological polar surface area (TPSA) is 92.5 Å². The van der Waals surface area contributed by atoms with Crippen LogP contribution >= 0.6 is 0 Å². The minimum atomic E-state index is -0.432. The van der Waals surface area contributed by atoms with E-state index in [4.69, 9.17) is 9.47 Å². The van der Waals surface area contributed by atoms with Crippen LogP contribution in [0.1, 0.15) is 46.9 Å². The Labute approximate surface area is 182 Å². The summed E-state index contributed by atoms with van der Waals surface area (Å²) in [7, 11) is 1.52. The molecule has 3 N–H and O–H groups in total. The first-order valence-electron chi connectivity index (χ1n) is 10.4. The van der Waals surface area contributed by atoms with Gasteiger partial charge in [0.15, 0.2) is 11.5 Å². The number of unbranched alkanes of at least 4 members (excludes halogenated alkanes) is 1. The number of H-pyrrole nitrogens is 1. The molecule has 0 atom stereocenters. The van der Waals surface area contributed by atoms with E-state index in [2.05, 4.69) is 28.8 Å². The SMILES string of the molecule is CCCCOc1ccc(C(=O)NNC(=O)Cc2c(C)[nH]c3ccc(C)cc23)cc1OC. The number of nitrogens with one attached hydrogen (secondary N) is 3. The number of aromatic amines is 1. The molecule has 2 amide bonds. The van der Waals surface area contributed by atoms with E-state index >= 15 is 0 Å². The number of carbonyl (C=O) groups excluding carboxylic acids is 2. The average molecular weight is 424 g/mol. The molecule has 164 valence electrons. The summed E-state index contributed by atoms with van der Waals surface area (Å²) in [5.74, 6) is 0.324. The molecule has 1 aromatic heterocycles. The molecule has 7 nitrogen and oxygen atoms in total. The highest BCUT2D eigenvalue weighted by atomic mass is 16.5. The molecule has 1 heterocycles. The summed E-state index contributed by atoms with van der Waals surface area (Å²) in [6.45, 7) is 6.62. The molecule has 0 aliphatic heterocycles. The summed E-state index contributed by atoms with van der Waals surface area (Å²) in [5, 5.41) is 1.02. The van der Waals surface area contributed by atoms with Crippen molar-refractivity contribution in [2.75, 3.05) is 13.7 Å². The van der Waals surface area contributed by atoms with Crippen LogP contribution in [0.2, 0.25) is 0 Å². The predicted octanol–water partition coefficient (Wildman–Crippen LogP) is 3.98. The minimum absolute atomic E-state index is 0.156. The third kappa shape index (κ3) is 5.36. The largest absolute Gasteiger partial charge is 0.493 e. The van der Waals surface area contributed by atoms with Crippen LogP contribution in [0, 0.1) is 13.8 Å². The number of methoxy groups -OCH3 is 1. The molecule has 0 unspecified atom stereocenters. The first-order chi connectivity index (χ1) is 14.9. The normalized spacial score (nSPS) is 10.7. The first kappa shape index (κ1) is 22.2. The van der Waals surface area contributed by atoms with E-state index in [9.17, 15) is 9.59 Å². The molecule has 0 saturated carbocycles. The molecule has 3 aromatic rings. The third-order valence-electron chi connectivity index (χ3n) is 5.11. The van der Waals surface area contributed by atoms with Crippen molar-refractivity contribution >= 4 is 22.7 Å². The van der Waals surface area contributed by atoms with Gasteiger partial charge in [0.1, 0.15) is 0 Å². The van der Waals surface area contributed by atoms with Crippen LogP contribution in [-0.2, 0) is 11.2 Å². The van der Waals surface area contributed by atoms with Gasteiger partial charge in [-0.1, -0.05) is 25.0 Å². The smallest absolute Gasteiger partial charge is 0.269 e. The zero-order valence-electron chi connectivity index (χ0n) is 18.4. The van der Waals surface area contributed by atoms with Gasteiger partial charge >= 0.3 is 0 Å². The predicted molar refractivity (Wildman–Crippen MR) is 120 cm³/mol. The van der Waals surface area contributed by atoms with Gasteiger partial charge in [-0.15, -0.1) is 0 Å². The van der Waals surface area contributed by atoms with Crippen molar-refractivity contribution in [2.45, 2.75) is 40.0 Å². The molecule has 0 aliphatic rings. The van der Waals surface area contributed by atoms with E-state index in [0.29, 0.717) is 23.7 Å². The van der Waals surface area contributed by atoms with E-state index in [1.165, 1.54) is 7.11 Å². The highest BCUT2D eigenvalue weighted by molar-refractivity contribution is 5.97. The number of hydrazine groups is 1. The number of benzene rings is 2. The Balaban J connectivity index is 1.62. The highest BCUT2D eigenvalue weighted by Gasteiger charge is 2.15. The van der Waals surface area contributed by atoms with Crippen LogP contribution in [0.3, 0.4) is 0 Å². The van der Waals surface area contributed by atoms with E-state index in [0.717, 1.165) is 40.6 Å². The van der Waals surface area contributed by atoms with Gasteiger partial charge in [-0.3, -0.25) is 20.4 Å². The molecule has 0 fully saturated rings. The summed E-state index contributed by atoms with van der Waals surface area (Å²) in [5.41, 5.74) is 9.29. The van der Waals surface area contributed by atoms with Crippen molar-refractivity contribution in [3.63, 3.8) is 0 Å². The van der Waals surface area contributed by atoms with E-state index in [1.54, 1.807) is 18.2 Å². The molecule has 0 aliphatic carbocycles. The summed E-state index contributed by atoms with van der Waals surface area (Å²) in [4.78, 5) is 28.2. The molecule has 0 spiro atoms. The lowest BCUT2D eigenvalue weighted by Crippen LogP contribution is -2.42. The monoisotopic (exact) mass is 423 g/mol. The average Bonchev–Trinajstić information content (AvgIpc) is 3.06. The van der Waals surface area contributed by atoms with Crippen LogP contribution in [0.4, 0.5) is 0 Å². The molecule has 0 radical (unpaired) electrons. The number of ether oxygens (including phenoxy) is 2. The Morgan fingerprint density at radius 1 is 1.03 bits per heavy atom. The van der Waals surface area contributed by atoms with Gasteiger partial charge in [-0.25, -0.2) is 0 Å².